The van der Waals surface area contributed by atoms with Gasteiger partial charge in [0.05, 0.1) is 12.2 Å². The molecule has 1 aliphatic rings. The van der Waals surface area contributed by atoms with E-state index in [1.807, 2.05) is 52.8 Å². The Kier molecular flexibility index (Phi) is 4.21. The van der Waals surface area contributed by atoms with Gasteiger partial charge in [0.15, 0.2) is 11.6 Å². The van der Waals surface area contributed by atoms with Crippen LogP contribution in [0, 0.1) is 6.92 Å². The molecule has 1 aromatic carbocycles. The first-order valence-electron chi connectivity index (χ1n) is 9.44. The average molecular weight is 375 g/mol. The number of nitrogens with one attached hydrogen (secondary N) is 2. The van der Waals surface area contributed by atoms with Crippen LogP contribution in [0.5, 0.6) is 0 Å². The minimum atomic E-state index is 0.392. The first kappa shape index (κ1) is 16.8. The molecule has 1 fully saturated rings. The van der Waals surface area contributed by atoms with Crippen LogP contribution in [0.4, 0.5) is 0 Å². The fraction of sp³-hybridized carbons (Fsp3) is 0.316. The van der Waals surface area contributed by atoms with E-state index in [2.05, 4.69) is 35.8 Å². The molecule has 0 atom stereocenters. The van der Waals surface area contributed by atoms with E-state index in [0.717, 1.165) is 54.5 Å². The van der Waals surface area contributed by atoms with Crippen LogP contribution >= 0.6 is 0 Å². The maximum absolute atomic E-state index is 4.53. The van der Waals surface area contributed by atoms with Crippen LogP contribution in [0.2, 0.25) is 0 Å². The van der Waals surface area contributed by atoms with E-state index in [1.165, 1.54) is 0 Å². The molecule has 0 radical (unpaired) electrons. The maximum Gasteiger partial charge on any atom is 0.181 e. The van der Waals surface area contributed by atoms with Crippen LogP contribution in [-0.4, -0.2) is 52.8 Å². The molecule has 1 saturated heterocycles. The number of nitrogens with zero attached hydrogens (tertiary/aromatic N) is 7. The average Bonchev–Trinajstić information content (AvgIpc) is 3.49. The Morgan fingerprint density at radius 3 is 2.89 bits per heavy atom. The van der Waals surface area contributed by atoms with Crippen LogP contribution in [0.1, 0.15) is 24.7 Å². The van der Waals surface area contributed by atoms with Crippen LogP contribution in [0.3, 0.4) is 0 Å². The molecular weight excluding hydrogens is 354 g/mol. The van der Waals surface area contributed by atoms with Gasteiger partial charge in [-0.1, -0.05) is 17.3 Å². The number of piperidine rings is 1. The largest absolute Gasteiger partial charge is 0.317 e. The van der Waals surface area contributed by atoms with E-state index in [4.69, 9.17) is 0 Å². The first-order chi connectivity index (χ1) is 13.8. The van der Waals surface area contributed by atoms with E-state index in [0.29, 0.717) is 11.9 Å². The standard InChI is InChI=1S/C19H21N9/c1-13-22-18(25-23-13)14-3-2-4-16(11-14)27-10-9-21-19(27)17-12-28(26-24-17)15-5-7-20-8-6-15/h2-4,9-12,15,20H,5-8H2,1H3,(H,22,23,25). The lowest BCUT2D eigenvalue weighted by Gasteiger charge is -2.22. The number of hydrogen-bond acceptors (Lipinski definition) is 6. The topological polar surface area (TPSA) is 102 Å². The lowest BCUT2D eigenvalue weighted by Crippen LogP contribution is -2.29. The lowest BCUT2D eigenvalue weighted by atomic mass is 10.1. The predicted octanol–water partition coefficient (Wildman–Crippen LogP) is 2.15. The number of H-pyrrole nitrogens is 1. The van der Waals surface area contributed by atoms with Gasteiger partial charge in [-0.15, -0.1) is 5.10 Å². The van der Waals surface area contributed by atoms with E-state index in [-0.39, 0.29) is 0 Å². The van der Waals surface area contributed by atoms with Crippen molar-refractivity contribution in [2.75, 3.05) is 13.1 Å². The SMILES string of the molecule is Cc1nc(-c2cccc(-n3ccnc3-c3cn(C4CCNCC4)nn3)c2)n[nH]1. The molecule has 9 heteroatoms. The van der Waals surface area contributed by atoms with Crippen LogP contribution in [0.25, 0.3) is 28.6 Å². The third kappa shape index (κ3) is 3.09. The molecule has 0 unspecified atom stereocenters. The molecule has 5 rings (SSSR count). The van der Waals surface area contributed by atoms with E-state index >= 15 is 0 Å². The van der Waals surface area contributed by atoms with Crippen molar-refractivity contribution in [1.29, 1.82) is 0 Å². The molecule has 0 bridgehead atoms. The number of aromatic amines is 1. The summed E-state index contributed by atoms with van der Waals surface area (Å²) in [5.74, 6) is 2.24. The first-order valence-corrected chi connectivity index (χ1v) is 9.44. The van der Waals surface area contributed by atoms with Crippen LogP contribution in [-0.2, 0) is 0 Å². The number of hydrogen-bond donors (Lipinski definition) is 2. The molecule has 1 aliphatic heterocycles. The Morgan fingerprint density at radius 1 is 1.18 bits per heavy atom. The summed E-state index contributed by atoms with van der Waals surface area (Å²) in [6, 6.07) is 8.46. The van der Waals surface area contributed by atoms with Crippen molar-refractivity contribution in [2.24, 2.45) is 0 Å². The normalized spacial score (nSPS) is 15.2. The molecule has 142 valence electrons. The fourth-order valence-corrected chi connectivity index (χ4v) is 3.60. The zero-order chi connectivity index (χ0) is 18.9. The lowest BCUT2D eigenvalue weighted by molar-refractivity contribution is 0.337. The van der Waals surface area contributed by atoms with Crippen molar-refractivity contribution in [1.82, 2.24) is 45.0 Å². The molecule has 4 aromatic rings. The second kappa shape index (κ2) is 7.01. The number of aromatic nitrogens is 8. The van der Waals surface area contributed by atoms with E-state index < -0.39 is 0 Å². The van der Waals surface area contributed by atoms with Crippen molar-refractivity contribution >= 4 is 0 Å². The Hall–Kier alpha value is -3.33. The highest BCUT2D eigenvalue weighted by Gasteiger charge is 2.19. The minimum Gasteiger partial charge on any atom is -0.317 e. The van der Waals surface area contributed by atoms with Gasteiger partial charge in [-0.3, -0.25) is 9.67 Å². The Morgan fingerprint density at radius 2 is 2.07 bits per heavy atom. The zero-order valence-electron chi connectivity index (χ0n) is 15.6. The predicted molar refractivity (Wildman–Crippen MR) is 104 cm³/mol. The fourth-order valence-electron chi connectivity index (χ4n) is 3.60. The highest BCUT2D eigenvalue weighted by Crippen LogP contribution is 2.25. The Bertz CT molecular complexity index is 1080. The summed E-state index contributed by atoms with van der Waals surface area (Å²) in [4.78, 5) is 8.94. The van der Waals surface area contributed by atoms with Gasteiger partial charge in [0.2, 0.25) is 0 Å². The van der Waals surface area contributed by atoms with Crippen molar-refractivity contribution in [3.63, 3.8) is 0 Å². The zero-order valence-corrected chi connectivity index (χ0v) is 15.6. The van der Waals surface area contributed by atoms with Crippen molar-refractivity contribution in [3.8, 4) is 28.6 Å². The summed E-state index contributed by atoms with van der Waals surface area (Å²) < 4.78 is 3.99. The molecule has 3 aromatic heterocycles. The molecule has 0 amide bonds. The van der Waals surface area contributed by atoms with Gasteiger partial charge < -0.3 is 5.32 Å². The van der Waals surface area contributed by atoms with Gasteiger partial charge in [-0.05, 0) is 45.0 Å². The Labute approximate surface area is 161 Å². The number of benzene rings is 1. The summed E-state index contributed by atoms with van der Waals surface area (Å²) in [5.41, 5.74) is 2.69. The highest BCUT2D eigenvalue weighted by atomic mass is 15.4. The van der Waals surface area contributed by atoms with Crippen molar-refractivity contribution in [3.05, 3.63) is 48.7 Å². The van der Waals surface area contributed by atoms with Crippen molar-refractivity contribution in [2.45, 2.75) is 25.8 Å². The molecule has 4 heterocycles. The van der Waals surface area contributed by atoms with E-state index in [9.17, 15) is 0 Å². The molecule has 2 N–H and O–H groups in total. The molecule has 28 heavy (non-hydrogen) atoms. The maximum atomic E-state index is 4.53. The van der Waals surface area contributed by atoms with Gasteiger partial charge in [0.1, 0.15) is 11.5 Å². The number of imidazole rings is 1. The number of rotatable bonds is 4. The van der Waals surface area contributed by atoms with Gasteiger partial charge in [0.25, 0.3) is 0 Å². The summed E-state index contributed by atoms with van der Waals surface area (Å²) in [5, 5.41) is 19.3. The molecular formula is C19H21N9. The summed E-state index contributed by atoms with van der Waals surface area (Å²) >= 11 is 0. The van der Waals surface area contributed by atoms with Gasteiger partial charge in [-0.2, -0.15) is 5.10 Å². The van der Waals surface area contributed by atoms with Crippen LogP contribution in [0.15, 0.2) is 42.9 Å². The second-order valence-electron chi connectivity index (χ2n) is 6.98. The van der Waals surface area contributed by atoms with Gasteiger partial charge in [0, 0.05) is 23.6 Å². The molecule has 9 nitrogen and oxygen atoms in total. The highest BCUT2D eigenvalue weighted by molar-refractivity contribution is 5.61. The van der Waals surface area contributed by atoms with Crippen LogP contribution < -0.4 is 5.32 Å². The number of aryl methyl sites for hydroxylation is 1. The molecule has 0 aliphatic carbocycles. The minimum absolute atomic E-state index is 0.392. The Balaban J connectivity index is 1.48. The third-order valence-corrected chi connectivity index (χ3v) is 5.04. The molecule has 0 saturated carbocycles. The quantitative estimate of drug-likeness (QED) is 0.567. The summed E-state index contributed by atoms with van der Waals surface area (Å²) in [7, 11) is 0. The van der Waals surface area contributed by atoms with Gasteiger partial charge >= 0.3 is 0 Å². The summed E-state index contributed by atoms with van der Waals surface area (Å²) in [6.07, 6.45) is 7.84. The smallest absolute Gasteiger partial charge is 0.181 e. The van der Waals surface area contributed by atoms with E-state index in [1.54, 1.807) is 6.20 Å². The van der Waals surface area contributed by atoms with Gasteiger partial charge in [-0.25, -0.2) is 14.6 Å². The summed E-state index contributed by atoms with van der Waals surface area (Å²) in [6.45, 7) is 3.92. The monoisotopic (exact) mass is 375 g/mol. The van der Waals surface area contributed by atoms with Crippen molar-refractivity contribution < 1.29 is 0 Å². The second-order valence-corrected chi connectivity index (χ2v) is 6.98. The molecule has 0 spiro atoms. The third-order valence-electron chi connectivity index (χ3n) is 5.04.